The number of carbonyl (C=O) groups is 1. The standard InChI is InChI=1S/C19H23O3.W/c1-12-10-14(3)15(11-13(12)2)16-17(21-4)19(22-18(16)20)8-6-5-7-9-19;/h10H,5-9H2,1-4H3;/q-1;. The molecule has 0 bridgehead atoms. The minimum Gasteiger partial charge on any atom is -0.506 e. The maximum Gasteiger partial charge on any atom is 0.300 e. The van der Waals surface area contributed by atoms with Gasteiger partial charge in [0.2, 0.25) is 0 Å². The molecule has 1 aliphatic heterocycles. The summed E-state index contributed by atoms with van der Waals surface area (Å²) in [5.74, 6) is 0.446. The maximum absolute atomic E-state index is 12.6. The van der Waals surface area contributed by atoms with Crippen molar-refractivity contribution in [3.05, 3.63) is 40.1 Å². The van der Waals surface area contributed by atoms with Crippen LogP contribution in [-0.2, 0) is 35.3 Å². The first-order valence-electron chi connectivity index (χ1n) is 8.01. The quantitative estimate of drug-likeness (QED) is 0.471. The molecule has 124 valence electrons. The van der Waals surface area contributed by atoms with Crippen LogP contribution in [0, 0.1) is 26.8 Å². The van der Waals surface area contributed by atoms with Crippen molar-refractivity contribution in [3.63, 3.8) is 0 Å². The Labute approximate surface area is 152 Å². The number of methoxy groups -OCH3 is 1. The summed E-state index contributed by atoms with van der Waals surface area (Å²) >= 11 is 0. The monoisotopic (exact) mass is 483 g/mol. The van der Waals surface area contributed by atoms with Gasteiger partial charge in [0.15, 0.2) is 5.60 Å². The second kappa shape index (κ2) is 6.81. The Balaban J connectivity index is 0.00000192. The van der Waals surface area contributed by atoms with Crippen molar-refractivity contribution in [2.24, 2.45) is 0 Å². The molecule has 0 N–H and O–H groups in total. The zero-order chi connectivity index (χ0) is 15.9. The first kappa shape index (κ1) is 18.3. The molecule has 1 aliphatic carbocycles. The molecule has 1 aromatic rings. The summed E-state index contributed by atoms with van der Waals surface area (Å²) in [5, 5.41) is 0. The molecule has 0 aromatic heterocycles. The Morgan fingerprint density at radius 3 is 2.39 bits per heavy atom. The van der Waals surface area contributed by atoms with Crippen LogP contribution in [0.25, 0.3) is 5.57 Å². The second-order valence-corrected chi connectivity index (χ2v) is 6.49. The van der Waals surface area contributed by atoms with Gasteiger partial charge in [0.1, 0.15) is 5.76 Å². The van der Waals surface area contributed by atoms with Crippen LogP contribution in [-0.4, -0.2) is 18.7 Å². The van der Waals surface area contributed by atoms with E-state index in [1.54, 1.807) is 7.11 Å². The van der Waals surface area contributed by atoms with E-state index < -0.39 is 5.60 Å². The van der Waals surface area contributed by atoms with Crippen molar-refractivity contribution < 1.29 is 35.3 Å². The van der Waals surface area contributed by atoms with Crippen LogP contribution in [0.1, 0.15) is 54.4 Å². The SMILES string of the molecule is COC1=C(c2[c-]c(C)c(C)cc2C)C(=O)OC12CCCCC2.[W]. The van der Waals surface area contributed by atoms with Crippen LogP contribution >= 0.6 is 0 Å². The molecular formula is C19H23O3W-. The van der Waals surface area contributed by atoms with Gasteiger partial charge in [-0.2, -0.15) is 0 Å². The fourth-order valence-electron chi connectivity index (χ4n) is 3.70. The number of ether oxygens (including phenoxy) is 2. The average molecular weight is 483 g/mol. The third-order valence-corrected chi connectivity index (χ3v) is 4.98. The maximum atomic E-state index is 12.6. The molecule has 3 rings (SSSR count). The van der Waals surface area contributed by atoms with Gasteiger partial charge in [-0.15, -0.1) is 34.4 Å². The van der Waals surface area contributed by atoms with Crippen molar-refractivity contribution in [3.8, 4) is 0 Å². The van der Waals surface area contributed by atoms with E-state index in [-0.39, 0.29) is 27.0 Å². The summed E-state index contributed by atoms with van der Waals surface area (Å²) in [5.41, 5.74) is 4.13. The van der Waals surface area contributed by atoms with Gasteiger partial charge in [0, 0.05) is 26.6 Å². The number of rotatable bonds is 2. The van der Waals surface area contributed by atoms with Crippen LogP contribution in [0.5, 0.6) is 0 Å². The fraction of sp³-hybridized carbons (Fsp3) is 0.526. The van der Waals surface area contributed by atoms with Gasteiger partial charge in [-0.1, -0.05) is 27.2 Å². The third kappa shape index (κ3) is 3.00. The van der Waals surface area contributed by atoms with Crippen LogP contribution in [0.3, 0.4) is 0 Å². The van der Waals surface area contributed by atoms with Crippen LogP contribution in [0.4, 0.5) is 0 Å². The van der Waals surface area contributed by atoms with E-state index in [0.717, 1.165) is 42.4 Å². The number of hydrogen-bond acceptors (Lipinski definition) is 3. The van der Waals surface area contributed by atoms with Crippen molar-refractivity contribution in [1.29, 1.82) is 0 Å². The zero-order valence-corrected chi connectivity index (χ0v) is 17.2. The van der Waals surface area contributed by atoms with E-state index in [4.69, 9.17) is 9.47 Å². The summed E-state index contributed by atoms with van der Waals surface area (Å²) in [4.78, 5) is 12.6. The van der Waals surface area contributed by atoms with Gasteiger partial charge in [-0.3, -0.25) is 4.79 Å². The van der Waals surface area contributed by atoms with Crippen molar-refractivity contribution >= 4 is 11.5 Å². The molecule has 0 unspecified atom stereocenters. The van der Waals surface area contributed by atoms with Gasteiger partial charge < -0.3 is 9.47 Å². The zero-order valence-electron chi connectivity index (χ0n) is 14.2. The first-order valence-corrected chi connectivity index (χ1v) is 8.01. The van der Waals surface area contributed by atoms with Gasteiger partial charge in [0.05, 0.1) is 7.11 Å². The molecule has 0 amide bonds. The summed E-state index contributed by atoms with van der Waals surface area (Å²) < 4.78 is 11.5. The normalized spacial score (nSPS) is 19.6. The van der Waals surface area contributed by atoms with Crippen LogP contribution in [0.15, 0.2) is 11.8 Å². The van der Waals surface area contributed by atoms with Gasteiger partial charge in [-0.25, -0.2) is 0 Å². The summed E-state index contributed by atoms with van der Waals surface area (Å²) in [6, 6.07) is 5.46. The molecule has 4 heteroatoms. The van der Waals surface area contributed by atoms with Gasteiger partial charge in [-0.05, 0) is 25.7 Å². The van der Waals surface area contributed by atoms with E-state index in [1.165, 1.54) is 12.0 Å². The topological polar surface area (TPSA) is 35.5 Å². The van der Waals surface area contributed by atoms with E-state index in [1.807, 2.05) is 13.8 Å². The number of aryl methyl sites for hydroxylation is 3. The molecule has 1 saturated carbocycles. The Kier molecular flexibility index (Phi) is 5.40. The first-order chi connectivity index (χ1) is 10.5. The van der Waals surface area contributed by atoms with Crippen molar-refractivity contribution in [2.75, 3.05) is 7.11 Å². The smallest absolute Gasteiger partial charge is 0.300 e. The number of carbonyl (C=O) groups excluding carboxylic acids is 1. The molecule has 0 atom stereocenters. The molecule has 23 heavy (non-hydrogen) atoms. The van der Waals surface area contributed by atoms with E-state index in [9.17, 15) is 4.79 Å². The Morgan fingerprint density at radius 1 is 1.13 bits per heavy atom. The second-order valence-electron chi connectivity index (χ2n) is 6.49. The minimum absolute atomic E-state index is 0. The van der Waals surface area contributed by atoms with Gasteiger partial charge >= 0.3 is 0 Å². The van der Waals surface area contributed by atoms with Gasteiger partial charge in [0.25, 0.3) is 5.97 Å². The van der Waals surface area contributed by atoms with E-state index >= 15 is 0 Å². The molecule has 1 spiro atoms. The molecular weight excluding hydrogens is 460 g/mol. The molecule has 1 aromatic carbocycles. The Hall–Kier alpha value is -1.08. The molecule has 0 saturated heterocycles. The predicted octanol–water partition coefficient (Wildman–Crippen LogP) is 4.03. The Bertz CT molecular complexity index is 655. The summed E-state index contributed by atoms with van der Waals surface area (Å²) in [6.07, 6.45) is 5.05. The predicted molar refractivity (Wildman–Crippen MR) is 85.3 cm³/mol. The molecule has 1 heterocycles. The fourth-order valence-corrected chi connectivity index (χ4v) is 3.70. The number of hydrogen-bond donors (Lipinski definition) is 0. The van der Waals surface area contributed by atoms with Crippen LogP contribution in [0.2, 0.25) is 0 Å². The van der Waals surface area contributed by atoms with Crippen molar-refractivity contribution in [2.45, 2.75) is 58.5 Å². The van der Waals surface area contributed by atoms with E-state index in [2.05, 4.69) is 19.1 Å². The molecule has 0 radical (unpaired) electrons. The van der Waals surface area contributed by atoms with Crippen LogP contribution < -0.4 is 0 Å². The summed E-state index contributed by atoms with van der Waals surface area (Å²) in [6.45, 7) is 6.09. The average Bonchev–Trinajstić information content (AvgIpc) is 2.75. The van der Waals surface area contributed by atoms with E-state index in [0.29, 0.717) is 11.3 Å². The molecule has 1 fully saturated rings. The molecule has 3 nitrogen and oxygen atoms in total. The third-order valence-electron chi connectivity index (χ3n) is 4.98. The number of benzene rings is 1. The largest absolute Gasteiger partial charge is 0.506 e. The minimum atomic E-state index is -0.543. The van der Waals surface area contributed by atoms with Crippen molar-refractivity contribution in [1.82, 2.24) is 0 Å². The number of esters is 1. The summed E-state index contributed by atoms with van der Waals surface area (Å²) in [7, 11) is 1.64. The Morgan fingerprint density at radius 2 is 1.78 bits per heavy atom. The molecule has 2 aliphatic rings.